The summed E-state index contributed by atoms with van der Waals surface area (Å²) < 4.78 is 20.1. The van der Waals surface area contributed by atoms with Crippen LogP contribution in [0.15, 0.2) is 0 Å². The van der Waals surface area contributed by atoms with Crippen molar-refractivity contribution in [2.24, 2.45) is 11.5 Å². The van der Waals surface area contributed by atoms with Crippen LogP contribution < -0.4 is 62.9 Å². The summed E-state index contributed by atoms with van der Waals surface area (Å²) in [6, 6.07) is 1.70. The van der Waals surface area contributed by atoms with Gasteiger partial charge in [-0.15, -0.1) is 0 Å². The minimum atomic E-state index is -0.863. The van der Waals surface area contributed by atoms with Gasteiger partial charge < -0.3 is 33.2 Å². The second kappa shape index (κ2) is 34.9. The molecule has 5 N–H and O–H groups in total. The molecule has 0 saturated heterocycles. The minimum Gasteiger partial charge on any atom is -0.512 e. The summed E-state index contributed by atoms with van der Waals surface area (Å²) in [5, 5.41) is 22.7. The maximum Gasteiger partial charge on any atom is 1.00 e. The molecular weight excluding hydrogens is 347 g/mol. The summed E-state index contributed by atoms with van der Waals surface area (Å²) in [5.41, 5.74) is 10.9. The maximum atomic E-state index is 10.0. The van der Waals surface area contributed by atoms with Crippen molar-refractivity contribution in [3.8, 4) is 6.07 Å². The van der Waals surface area contributed by atoms with E-state index >= 15 is 0 Å². The number of unbranched alkanes of at least 4 members (excludes halogenated alkanes) is 1. The molecule has 0 amide bonds. The molecule has 0 fully saturated rings. The van der Waals surface area contributed by atoms with Gasteiger partial charge in [0.2, 0.25) is 0 Å². The van der Waals surface area contributed by atoms with Crippen molar-refractivity contribution >= 4 is 12.3 Å². The first kappa shape index (κ1) is 26.9. The summed E-state index contributed by atoms with van der Waals surface area (Å²) in [7, 11) is 0. The van der Waals surface area contributed by atoms with Gasteiger partial charge in [-0.3, -0.25) is 4.79 Å². The Balaban J connectivity index is -0.0000000910. The van der Waals surface area contributed by atoms with E-state index in [1.54, 1.807) is 0 Å². The normalized spacial score (nSPS) is 11.9. The Morgan fingerprint density at radius 1 is 1.20 bits per heavy atom. The summed E-state index contributed by atoms with van der Waals surface area (Å²) in [6.45, 7) is 5.87. The first-order chi connectivity index (χ1) is 12.9. The molecule has 0 radical (unpaired) electrons. The van der Waals surface area contributed by atoms with Crippen LogP contribution in [0.1, 0.15) is 76.2 Å². The summed E-state index contributed by atoms with van der Waals surface area (Å²) in [4.78, 5) is 19.5. The molecular formula is C17H33KN4O3. The van der Waals surface area contributed by atoms with Crippen LogP contribution in [0.3, 0.4) is 0 Å². The number of nitriles is 1. The van der Waals surface area contributed by atoms with E-state index in [4.69, 9.17) is 37.8 Å². The van der Waals surface area contributed by atoms with Crippen molar-refractivity contribution < 1.29 is 70.2 Å². The molecule has 0 aromatic rings. The van der Waals surface area contributed by atoms with Gasteiger partial charge >= 0.3 is 57.4 Å². The van der Waals surface area contributed by atoms with E-state index in [0.29, 0.717) is 52.8 Å². The minimum absolute atomic E-state index is 0. The van der Waals surface area contributed by atoms with Crippen LogP contribution in [0.5, 0.6) is 0 Å². The van der Waals surface area contributed by atoms with Crippen LogP contribution >= 0.6 is 0 Å². The number of carboxylic acid groups (broad SMARTS) is 1. The molecule has 0 aliphatic carbocycles. The Morgan fingerprint density at radius 3 is 2.00 bits per heavy atom. The van der Waals surface area contributed by atoms with Gasteiger partial charge in [0.05, 0.1) is 18.9 Å². The van der Waals surface area contributed by atoms with E-state index in [9.17, 15) is 9.59 Å². The maximum absolute atomic E-state index is 10.0. The standard InChI is InChI=1S/C6H12N2.C6H13NO2.C4H8O.CN.K/c1-2-3-6(8)4-5-7;1-2-3-5(7)4-6(8)9;1-2-3-4-5;1-2;/h6H,2-4,8H2,1H3;5H,2-4,7H2,1H3,(H,8,9);4H,2-3H2,1H3;;/q;;;-1;+1/i3*1T;;. The van der Waals surface area contributed by atoms with E-state index < -0.39 is 5.97 Å². The Morgan fingerprint density at radius 2 is 1.68 bits per heavy atom. The zero-order chi connectivity index (χ0) is 21.9. The first-order valence-electron chi connectivity index (χ1n) is 9.65. The van der Waals surface area contributed by atoms with Crippen LogP contribution in [0.25, 0.3) is 0 Å². The molecule has 7 nitrogen and oxygen atoms in total. The molecule has 0 rings (SSSR count). The van der Waals surface area contributed by atoms with Crippen LogP contribution in [-0.2, 0) is 9.59 Å². The van der Waals surface area contributed by atoms with Crippen molar-refractivity contribution in [2.45, 2.75) is 84.1 Å². The van der Waals surface area contributed by atoms with Crippen LogP contribution in [0, 0.1) is 23.2 Å². The molecule has 2 atom stereocenters. The van der Waals surface area contributed by atoms with Crippen LogP contribution in [0.2, 0.25) is 0 Å². The van der Waals surface area contributed by atoms with Gasteiger partial charge in [0, 0.05) is 22.6 Å². The van der Waals surface area contributed by atoms with Crippen molar-refractivity contribution in [3.63, 3.8) is 0 Å². The number of aldehydes is 1. The Labute approximate surface area is 199 Å². The van der Waals surface area contributed by atoms with E-state index in [1.165, 1.54) is 0 Å². The molecule has 140 valence electrons. The molecule has 0 saturated carbocycles. The SMILES string of the molecule is [3H]CCCC(N)CC#N.[3H]CCCC(N)CC(=O)O.[3H]CCCC=O.[C-]#N.[K+]. The van der Waals surface area contributed by atoms with Crippen molar-refractivity contribution in [1.82, 2.24) is 0 Å². The fraction of sp³-hybridized carbons (Fsp3) is 0.765. The van der Waals surface area contributed by atoms with Crippen LogP contribution in [0.4, 0.5) is 0 Å². The molecule has 0 aliphatic rings. The molecule has 0 aliphatic heterocycles. The number of rotatable bonds is 9. The van der Waals surface area contributed by atoms with E-state index in [1.807, 2.05) is 6.07 Å². The number of carbonyl (C=O) groups excluding carboxylic acids is 1. The molecule has 0 heterocycles. The fourth-order valence-corrected chi connectivity index (χ4v) is 1.15. The number of hydrogen-bond acceptors (Lipinski definition) is 6. The third-order valence-corrected chi connectivity index (χ3v) is 2.26. The summed E-state index contributed by atoms with van der Waals surface area (Å²) in [6.07, 6.45) is 5.46. The average molecular weight is 387 g/mol. The third kappa shape index (κ3) is 51.6. The topological polar surface area (TPSA) is 154 Å². The van der Waals surface area contributed by atoms with E-state index in [-0.39, 0.29) is 69.9 Å². The predicted octanol–water partition coefficient (Wildman–Crippen LogP) is -0.298. The molecule has 8 heteroatoms. The average Bonchev–Trinajstić information content (AvgIpc) is 2.65. The van der Waals surface area contributed by atoms with Gasteiger partial charge in [-0.05, 0) is 19.3 Å². The van der Waals surface area contributed by atoms with E-state index in [0.717, 1.165) is 19.1 Å². The summed E-state index contributed by atoms with van der Waals surface area (Å²) >= 11 is 0. The largest absolute Gasteiger partial charge is 1.00 e. The zero-order valence-electron chi connectivity index (χ0n) is 18.3. The molecule has 0 aromatic heterocycles. The molecule has 25 heavy (non-hydrogen) atoms. The van der Waals surface area contributed by atoms with Gasteiger partial charge in [-0.2, -0.15) is 5.26 Å². The van der Waals surface area contributed by atoms with Gasteiger partial charge in [0.1, 0.15) is 6.29 Å². The number of hydrogen-bond donors (Lipinski definition) is 3. The first-order valence-corrected chi connectivity index (χ1v) is 7.53. The van der Waals surface area contributed by atoms with Crippen LogP contribution in [-0.4, -0.2) is 29.4 Å². The monoisotopic (exact) mass is 386 g/mol. The Hall–Kier alpha value is -0.324. The molecule has 0 aromatic carbocycles. The van der Waals surface area contributed by atoms with Crippen molar-refractivity contribution in [1.29, 1.82) is 10.5 Å². The number of carboxylic acids is 1. The zero-order valence-corrected chi connectivity index (χ0v) is 18.4. The fourth-order valence-electron chi connectivity index (χ4n) is 1.15. The van der Waals surface area contributed by atoms with Gasteiger partial charge in [0.25, 0.3) is 0 Å². The number of aliphatic carboxylic acids is 1. The smallest absolute Gasteiger partial charge is 0.512 e. The molecule has 2 unspecified atom stereocenters. The second-order valence-electron chi connectivity index (χ2n) is 4.57. The predicted molar refractivity (Wildman–Crippen MR) is 94.2 cm³/mol. The number of nitrogens with two attached hydrogens (primary N) is 2. The van der Waals surface area contributed by atoms with Gasteiger partial charge in [-0.25, -0.2) is 0 Å². The Kier molecular flexibility index (Phi) is 37.6. The quantitative estimate of drug-likeness (QED) is 0.213. The van der Waals surface area contributed by atoms with Crippen molar-refractivity contribution in [3.05, 3.63) is 6.57 Å². The number of nitrogens with zero attached hydrogens (tertiary/aromatic N) is 2. The molecule has 0 bridgehead atoms. The summed E-state index contributed by atoms with van der Waals surface area (Å²) in [5.74, 6) is -0.863. The van der Waals surface area contributed by atoms with E-state index in [2.05, 4.69) is 0 Å². The molecule has 0 spiro atoms. The number of carbonyl (C=O) groups is 2. The Bertz CT molecular complexity index is 386. The van der Waals surface area contributed by atoms with Gasteiger partial charge in [0.15, 0.2) is 0 Å². The van der Waals surface area contributed by atoms with Crippen molar-refractivity contribution in [2.75, 3.05) is 0 Å². The second-order valence-corrected chi connectivity index (χ2v) is 4.57. The third-order valence-electron chi connectivity index (χ3n) is 2.26. The van der Waals surface area contributed by atoms with Gasteiger partial charge in [-0.1, -0.05) is 33.5 Å².